The molecule has 0 aliphatic carbocycles. The van der Waals surface area contributed by atoms with E-state index in [-0.39, 0.29) is 0 Å². The van der Waals surface area contributed by atoms with Crippen molar-refractivity contribution in [3.63, 3.8) is 0 Å². The fraction of sp³-hybridized carbons (Fsp3) is 0.308. The van der Waals surface area contributed by atoms with E-state index in [1.165, 1.54) is 11.1 Å². The number of H-pyrrole nitrogens is 1. The maximum absolute atomic E-state index is 4.36. The Morgan fingerprint density at radius 1 is 1.29 bits per heavy atom. The second-order valence-corrected chi connectivity index (χ2v) is 4.99. The van der Waals surface area contributed by atoms with Crippen molar-refractivity contribution in [2.75, 3.05) is 7.05 Å². The highest BCUT2D eigenvalue weighted by Gasteiger charge is 2.12. The molecule has 1 aromatic carbocycles. The lowest BCUT2D eigenvalue weighted by Gasteiger charge is -2.03. The first kappa shape index (κ1) is 12.3. The molecule has 0 amide bonds. The van der Waals surface area contributed by atoms with Gasteiger partial charge in [0.25, 0.3) is 0 Å². The average Bonchev–Trinajstić information content (AvgIpc) is 2.66. The molecular formula is C13H16BrN3. The number of rotatable bonds is 3. The van der Waals surface area contributed by atoms with Crippen molar-refractivity contribution in [2.24, 2.45) is 0 Å². The second-order valence-electron chi connectivity index (χ2n) is 4.19. The van der Waals surface area contributed by atoms with Crippen molar-refractivity contribution in [1.82, 2.24) is 15.5 Å². The van der Waals surface area contributed by atoms with E-state index in [0.717, 1.165) is 28.0 Å². The molecule has 2 N–H and O–H groups in total. The molecule has 0 saturated heterocycles. The van der Waals surface area contributed by atoms with Crippen LogP contribution in [0.1, 0.15) is 16.8 Å². The Kier molecular flexibility index (Phi) is 3.64. The summed E-state index contributed by atoms with van der Waals surface area (Å²) in [4.78, 5) is 0. The first-order valence-electron chi connectivity index (χ1n) is 5.58. The van der Waals surface area contributed by atoms with Gasteiger partial charge in [-0.3, -0.25) is 5.10 Å². The van der Waals surface area contributed by atoms with Crippen LogP contribution in [0.2, 0.25) is 0 Å². The van der Waals surface area contributed by atoms with Crippen molar-refractivity contribution < 1.29 is 0 Å². The summed E-state index contributed by atoms with van der Waals surface area (Å²) in [7, 11) is 1.92. The van der Waals surface area contributed by atoms with Gasteiger partial charge in [-0.2, -0.15) is 5.10 Å². The van der Waals surface area contributed by atoms with E-state index in [4.69, 9.17) is 0 Å². The van der Waals surface area contributed by atoms with Gasteiger partial charge in [0.05, 0.1) is 10.2 Å². The van der Waals surface area contributed by atoms with Crippen LogP contribution in [-0.2, 0) is 6.54 Å². The number of hydrogen-bond donors (Lipinski definition) is 2. The van der Waals surface area contributed by atoms with E-state index >= 15 is 0 Å². The van der Waals surface area contributed by atoms with Crippen LogP contribution < -0.4 is 5.32 Å². The lowest BCUT2D eigenvalue weighted by molar-refractivity contribution is 0.781. The topological polar surface area (TPSA) is 40.7 Å². The summed E-state index contributed by atoms with van der Waals surface area (Å²) in [5, 5.41) is 10.5. The second kappa shape index (κ2) is 5.02. The molecule has 0 saturated carbocycles. The molecule has 0 aliphatic heterocycles. The Labute approximate surface area is 110 Å². The van der Waals surface area contributed by atoms with Gasteiger partial charge in [0.15, 0.2) is 0 Å². The van der Waals surface area contributed by atoms with E-state index in [1.54, 1.807) is 0 Å². The van der Waals surface area contributed by atoms with Crippen LogP contribution in [0.25, 0.3) is 11.3 Å². The van der Waals surface area contributed by atoms with E-state index in [9.17, 15) is 0 Å². The van der Waals surface area contributed by atoms with Gasteiger partial charge >= 0.3 is 0 Å². The Balaban J connectivity index is 2.42. The fourth-order valence-corrected chi connectivity index (χ4v) is 2.28. The molecule has 0 radical (unpaired) electrons. The molecule has 17 heavy (non-hydrogen) atoms. The number of aromatic amines is 1. The lowest BCUT2D eigenvalue weighted by atomic mass is 10.0. The summed E-state index contributed by atoms with van der Waals surface area (Å²) in [6, 6.07) is 6.40. The number of hydrogen-bond acceptors (Lipinski definition) is 2. The molecule has 3 nitrogen and oxygen atoms in total. The third kappa shape index (κ3) is 2.42. The predicted octanol–water partition coefficient (Wildman–Crippen LogP) is 3.18. The molecular weight excluding hydrogens is 278 g/mol. The monoisotopic (exact) mass is 293 g/mol. The van der Waals surface area contributed by atoms with Crippen LogP contribution in [0, 0.1) is 13.8 Å². The van der Waals surface area contributed by atoms with Gasteiger partial charge in [-0.1, -0.05) is 12.1 Å². The van der Waals surface area contributed by atoms with Gasteiger partial charge in [-0.15, -0.1) is 0 Å². The summed E-state index contributed by atoms with van der Waals surface area (Å²) in [6.45, 7) is 5.01. The fourth-order valence-electron chi connectivity index (χ4n) is 1.74. The molecule has 2 aromatic rings. The molecule has 90 valence electrons. The smallest absolute Gasteiger partial charge is 0.107 e. The molecule has 0 atom stereocenters. The molecule has 1 heterocycles. The lowest BCUT2D eigenvalue weighted by Crippen LogP contribution is -2.05. The Bertz CT molecular complexity index is 531. The van der Waals surface area contributed by atoms with E-state index in [0.29, 0.717) is 0 Å². The zero-order chi connectivity index (χ0) is 12.4. The molecule has 2 rings (SSSR count). The van der Waals surface area contributed by atoms with Crippen LogP contribution in [0.5, 0.6) is 0 Å². The van der Waals surface area contributed by atoms with Crippen LogP contribution in [0.4, 0.5) is 0 Å². The summed E-state index contributed by atoms with van der Waals surface area (Å²) < 4.78 is 1.04. The Morgan fingerprint density at radius 3 is 2.71 bits per heavy atom. The standard InChI is InChI=1S/C13H16BrN3/c1-8-4-5-10(6-9(8)2)13-12(14)11(7-15-3)16-17-13/h4-6,15H,7H2,1-3H3,(H,16,17). The van der Waals surface area contributed by atoms with Gasteiger partial charge in [0.1, 0.15) is 5.69 Å². The van der Waals surface area contributed by atoms with Gasteiger partial charge in [0, 0.05) is 12.1 Å². The Hall–Kier alpha value is -1.13. The highest BCUT2D eigenvalue weighted by molar-refractivity contribution is 9.10. The summed E-state index contributed by atoms with van der Waals surface area (Å²) in [5.74, 6) is 0. The molecule has 1 aromatic heterocycles. The van der Waals surface area contributed by atoms with Gasteiger partial charge in [0.2, 0.25) is 0 Å². The molecule has 0 spiro atoms. The number of benzene rings is 1. The third-order valence-corrected chi connectivity index (χ3v) is 3.76. The number of nitrogens with one attached hydrogen (secondary N) is 2. The molecule has 0 fully saturated rings. The molecule has 0 aliphatic rings. The largest absolute Gasteiger partial charge is 0.314 e. The summed E-state index contributed by atoms with van der Waals surface area (Å²) in [5.41, 5.74) is 5.76. The quantitative estimate of drug-likeness (QED) is 0.913. The maximum atomic E-state index is 4.36. The SMILES string of the molecule is CNCc1[nH]nc(-c2ccc(C)c(C)c2)c1Br. The minimum Gasteiger partial charge on any atom is -0.314 e. The van der Waals surface area contributed by atoms with Crippen molar-refractivity contribution in [3.8, 4) is 11.3 Å². The number of nitrogens with zero attached hydrogens (tertiary/aromatic N) is 1. The highest BCUT2D eigenvalue weighted by Crippen LogP contribution is 2.29. The van der Waals surface area contributed by atoms with Gasteiger partial charge < -0.3 is 5.32 Å². The third-order valence-electron chi connectivity index (χ3n) is 2.91. The maximum Gasteiger partial charge on any atom is 0.107 e. The number of halogens is 1. The zero-order valence-electron chi connectivity index (χ0n) is 10.3. The van der Waals surface area contributed by atoms with E-state index in [2.05, 4.69) is 63.5 Å². The molecule has 0 bridgehead atoms. The highest BCUT2D eigenvalue weighted by atomic mass is 79.9. The molecule has 4 heteroatoms. The molecule has 0 unspecified atom stereocenters. The van der Waals surface area contributed by atoms with Crippen LogP contribution >= 0.6 is 15.9 Å². The van der Waals surface area contributed by atoms with Crippen molar-refractivity contribution in [2.45, 2.75) is 20.4 Å². The Morgan fingerprint density at radius 2 is 2.06 bits per heavy atom. The zero-order valence-corrected chi connectivity index (χ0v) is 11.9. The van der Waals surface area contributed by atoms with E-state index < -0.39 is 0 Å². The minimum absolute atomic E-state index is 0.776. The first-order valence-corrected chi connectivity index (χ1v) is 6.37. The van der Waals surface area contributed by atoms with Crippen molar-refractivity contribution in [3.05, 3.63) is 39.5 Å². The van der Waals surface area contributed by atoms with Crippen molar-refractivity contribution in [1.29, 1.82) is 0 Å². The van der Waals surface area contributed by atoms with Crippen molar-refractivity contribution >= 4 is 15.9 Å². The van der Waals surface area contributed by atoms with Crippen LogP contribution in [0.3, 0.4) is 0 Å². The average molecular weight is 294 g/mol. The number of aromatic nitrogens is 2. The van der Waals surface area contributed by atoms with Gasteiger partial charge in [-0.25, -0.2) is 0 Å². The van der Waals surface area contributed by atoms with Gasteiger partial charge in [-0.05, 0) is 54.0 Å². The predicted molar refractivity (Wildman–Crippen MR) is 74.0 cm³/mol. The van der Waals surface area contributed by atoms with E-state index in [1.807, 2.05) is 7.05 Å². The number of aryl methyl sites for hydroxylation is 2. The first-order chi connectivity index (χ1) is 8.13. The van der Waals surface area contributed by atoms with Crippen LogP contribution in [0.15, 0.2) is 22.7 Å². The minimum atomic E-state index is 0.776. The van der Waals surface area contributed by atoms with Crippen LogP contribution in [-0.4, -0.2) is 17.2 Å². The normalized spacial score (nSPS) is 10.8. The summed E-state index contributed by atoms with van der Waals surface area (Å²) >= 11 is 3.60. The summed E-state index contributed by atoms with van der Waals surface area (Å²) in [6.07, 6.45) is 0.